The molecule has 2 amide bonds. The lowest BCUT2D eigenvalue weighted by Crippen LogP contribution is -2.29. The lowest BCUT2D eigenvalue weighted by Gasteiger charge is -2.14. The summed E-state index contributed by atoms with van der Waals surface area (Å²) in [6.07, 6.45) is -0.665. The number of anilines is 1. The Bertz CT molecular complexity index is 1370. The molecule has 8 heteroatoms. The first kappa shape index (κ1) is 23.1. The number of pyridine rings is 1. The molecular weight excluding hydrogens is 454 g/mol. The number of carbonyl (C=O) groups is 2. The topological polar surface area (TPSA) is 100 Å². The number of halogens is 1. The quantitative estimate of drug-likeness (QED) is 0.346. The molecule has 7 nitrogen and oxygen atoms in total. The number of rotatable bonds is 7. The van der Waals surface area contributed by atoms with Gasteiger partial charge in [-0.1, -0.05) is 72.3 Å². The molecule has 0 aliphatic rings. The van der Waals surface area contributed by atoms with Gasteiger partial charge in [0.1, 0.15) is 12.3 Å². The summed E-state index contributed by atoms with van der Waals surface area (Å²) in [5.41, 5.74) is 2.49. The van der Waals surface area contributed by atoms with Crippen molar-refractivity contribution in [2.45, 2.75) is 13.0 Å². The van der Waals surface area contributed by atoms with E-state index in [0.717, 1.165) is 11.1 Å². The molecule has 0 aliphatic heterocycles. The molecule has 4 aromatic rings. The number of hydrogen-bond acceptors (Lipinski definition) is 4. The number of aromatic nitrogens is 1. The van der Waals surface area contributed by atoms with Crippen molar-refractivity contribution in [3.63, 3.8) is 0 Å². The SMILES string of the molecule is O=C(CCNC(=O)OCc1ccccc1)Nc1c(-c2ccccc2)c2cc(Cl)ccc2[nH]c1=O. The molecule has 3 N–H and O–H groups in total. The standard InChI is InChI=1S/C26H22ClN3O4/c27-19-11-12-21-20(15-19)23(18-9-5-2-6-10-18)24(25(32)29-21)30-22(31)13-14-28-26(33)34-16-17-7-3-1-4-8-17/h1-12,15H,13-14,16H2,(H,28,33)(H,29,32)(H,30,31). The average molecular weight is 476 g/mol. The largest absolute Gasteiger partial charge is 0.445 e. The maximum atomic E-state index is 12.9. The van der Waals surface area contributed by atoms with Gasteiger partial charge >= 0.3 is 6.09 Å². The number of H-pyrrole nitrogens is 1. The molecule has 0 bridgehead atoms. The lowest BCUT2D eigenvalue weighted by atomic mass is 9.99. The molecule has 0 atom stereocenters. The molecule has 0 unspecified atom stereocenters. The van der Waals surface area contributed by atoms with Crippen molar-refractivity contribution < 1.29 is 14.3 Å². The van der Waals surface area contributed by atoms with Crippen LogP contribution in [-0.4, -0.2) is 23.5 Å². The van der Waals surface area contributed by atoms with E-state index in [9.17, 15) is 14.4 Å². The molecule has 0 saturated heterocycles. The summed E-state index contributed by atoms with van der Waals surface area (Å²) in [7, 11) is 0. The number of nitrogens with one attached hydrogen (secondary N) is 3. The minimum absolute atomic E-state index is 0.0400. The zero-order valence-corrected chi connectivity index (χ0v) is 18.9. The fraction of sp³-hybridized carbons (Fsp3) is 0.115. The smallest absolute Gasteiger partial charge is 0.407 e. The Balaban J connectivity index is 1.46. The molecule has 172 valence electrons. The third-order valence-corrected chi connectivity index (χ3v) is 5.37. The molecule has 1 heterocycles. The van der Waals surface area contributed by atoms with Gasteiger partial charge in [-0.3, -0.25) is 9.59 Å². The first-order valence-corrected chi connectivity index (χ1v) is 11.0. The molecule has 3 aromatic carbocycles. The summed E-state index contributed by atoms with van der Waals surface area (Å²) in [4.78, 5) is 40.2. The number of amides is 2. The van der Waals surface area contributed by atoms with E-state index in [2.05, 4.69) is 15.6 Å². The molecule has 0 aliphatic carbocycles. The van der Waals surface area contributed by atoms with Crippen LogP contribution in [0.5, 0.6) is 0 Å². The highest BCUT2D eigenvalue weighted by molar-refractivity contribution is 6.31. The highest BCUT2D eigenvalue weighted by Crippen LogP contribution is 2.33. The number of alkyl carbamates (subject to hydrolysis) is 1. The summed E-state index contributed by atoms with van der Waals surface area (Å²) in [5.74, 6) is -0.424. The molecule has 0 fully saturated rings. The van der Waals surface area contributed by atoms with Gasteiger partial charge in [0.2, 0.25) is 5.91 Å². The molecule has 0 saturated carbocycles. The van der Waals surface area contributed by atoms with Crippen LogP contribution in [0.15, 0.2) is 83.7 Å². The van der Waals surface area contributed by atoms with Gasteiger partial charge in [0, 0.05) is 34.5 Å². The van der Waals surface area contributed by atoms with E-state index in [0.29, 0.717) is 21.5 Å². The number of aromatic amines is 1. The zero-order chi connectivity index (χ0) is 23.9. The molecule has 34 heavy (non-hydrogen) atoms. The van der Waals surface area contributed by atoms with E-state index in [1.807, 2.05) is 60.7 Å². The average Bonchev–Trinajstić information content (AvgIpc) is 2.85. The normalized spacial score (nSPS) is 10.6. The van der Waals surface area contributed by atoms with Gasteiger partial charge in [-0.05, 0) is 29.3 Å². The number of carbonyl (C=O) groups excluding carboxylic acids is 2. The summed E-state index contributed by atoms with van der Waals surface area (Å²) >= 11 is 6.21. The predicted molar refractivity (Wildman–Crippen MR) is 133 cm³/mol. The molecule has 1 aromatic heterocycles. The van der Waals surface area contributed by atoms with Gasteiger partial charge in [-0.2, -0.15) is 0 Å². The zero-order valence-electron chi connectivity index (χ0n) is 18.1. The number of benzene rings is 3. The second-order valence-corrected chi connectivity index (χ2v) is 7.98. The Kier molecular flexibility index (Phi) is 7.25. The van der Waals surface area contributed by atoms with E-state index in [-0.39, 0.29) is 25.3 Å². The molecule has 0 radical (unpaired) electrons. The minimum Gasteiger partial charge on any atom is -0.445 e. The van der Waals surface area contributed by atoms with Crippen molar-refractivity contribution in [2.75, 3.05) is 11.9 Å². The van der Waals surface area contributed by atoms with Crippen LogP contribution < -0.4 is 16.2 Å². The number of ether oxygens (including phenoxy) is 1. The van der Waals surface area contributed by atoms with Crippen molar-refractivity contribution in [3.8, 4) is 11.1 Å². The third kappa shape index (κ3) is 5.63. The van der Waals surface area contributed by atoms with Crippen LogP contribution in [0.1, 0.15) is 12.0 Å². The molecular formula is C26H22ClN3O4. The van der Waals surface area contributed by atoms with Gasteiger partial charge in [0.25, 0.3) is 5.56 Å². The first-order valence-electron chi connectivity index (χ1n) is 10.7. The van der Waals surface area contributed by atoms with E-state index < -0.39 is 17.6 Å². The highest BCUT2D eigenvalue weighted by Gasteiger charge is 2.17. The molecule has 0 spiro atoms. The predicted octanol–water partition coefficient (Wildman–Crippen LogP) is 5.10. The summed E-state index contributed by atoms with van der Waals surface area (Å²) in [6.45, 7) is 0.186. The van der Waals surface area contributed by atoms with Crippen molar-refractivity contribution in [1.82, 2.24) is 10.3 Å². The third-order valence-electron chi connectivity index (χ3n) is 5.14. The number of hydrogen-bond donors (Lipinski definition) is 3. The van der Waals surface area contributed by atoms with Crippen molar-refractivity contribution >= 4 is 40.2 Å². The maximum Gasteiger partial charge on any atom is 0.407 e. The lowest BCUT2D eigenvalue weighted by molar-refractivity contribution is -0.116. The van der Waals surface area contributed by atoms with E-state index >= 15 is 0 Å². The fourth-order valence-electron chi connectivity index (χ4n) is 3.54. The Morgan fingerprint density at radius 2 is 1.65 bits per heavy atom. The van der Waals surface area contributed by atoms with Gasteiger partial charge in [0.05, 0.1) is 0 Å². The van der Waals surface area contributed by atoms with Crippen LogP contribution in [-0.2, 0) is 16.1 Å². The van der Waals surface area contributed by atoms with Crippen molar-refractivity contribution in [1.29, 1.82) is 0 Å². The van der Waals surface area contributed by atoms with Crippen LogP contribution in [0.3, 0.4) is 0 Å². The van der Waals surface area contributed by atoms with Crippen LogP contribution in [0.4, 0.5) is 10.5 Å². The minimum atomic E-state index is -0.625. The molecule has 4 rings (SSSR count). The van der Waals surface area contributed by atoms with Crippen LogP contribution in [0.2, 0.25) is 5.02 Å². The second-order valence-electron chi connectivity index (χ2n) is 7.55. The van der Waals surface area contributed by atoms with Crippen LogP contribution >= 0.6 is 11.6 Å². The first-order chi connectivity index (χ1) is 16.5. The van der Waals surface area contributed by atoms with E-state index in [4.69, 9.17) is 16.3 Å². The monoisotopic (exact) mass is 475 g/mol. The fourth-order valence-corrected chi connectivity index (χ4v) is 3.72. The van der Waals surface area contributed by atoms with Gasteiger partial charge < -0.3 is 20.4 Å². The van der Waals surface area contributed by atoms with Crippen molar-refractivity contribution in [3.05, 3.63) is 99.8 Å². The van der Waals surface area contributed by atoms with E-state index in [1.165, 1.54) is 0 Å². The van der Waals surface area contributed by atoms with Crippen molar-refractivity contribution in [2.24, 2.45) is 0 Å². The van der Waals surface area contributed by atoms with Gasteiger partial charge in [-0.15, -0.1) is 0 Å². The highest BCUT2D eigenvalue weighted by atomic mass is 35.5. The Labute approximate surface area is 200 Å². The number of fused-ring (bicyclic) bond motifs is 1. The summed E-state index contributed by atoms with van der Waals surface area (Å²) < 4.78 is 5.13. The van der Waals surface area contributed by atoms with Gasteiger partial charge in [-0.25, -0.2) is 4.79 Å². The van der Waals surface area contributed by atoms with E-state index in [1.54, 1.807) is 18.2 Å². The Morgan fingerprint density at radius 3 is 2.38 bits per heavy atom. The maximum absolute atomic E-state index is 12.9. The van der Waals surface area contributed by atoms with Crippen LogP contribution in [0, 0.1) is 0 Å². The summed E-state index contributed by atoms with van der Waals surface area (Å²) in [6, 6.07) is 23.7. The second kappa shape index (κ2) is 10.7. The van der Waals surface area contributed by atoms with Crippen LogP contribution in [0.25, 0.3) is 22.0 Å². The Hall–Kier alpha value is -4.10. The van der Waals surface area contributed by atoms with Gasteiger partial charge in [0.15, 0.2) is 0 Å². The Morgan fingerprint density at radius 1 is 0.941 bits per heavy atom. The summed E-state index contributed by atoms with van der Waals surface area (Å²) in [5, 5.41) is 6.46.